The summed E-state index contributed by atoms with van der Waals surface area (Å²) in [4.78, 5) is 35.2. The minimum absolute atomic E-state index is 0.105. The molecule has 0 atom stereocenters. The van der Waals surface area contributed by atoms with E-state index in [4.69, 9.17) is 0 Å². The molecule has 2 heterocycles. The Labute approximate surface area is 161 Å². The fourth-order valence-electron chi connectivity index (χ4n) is 2.30. The molecule has 3 aromatic rings. The van der Waals surface area contributed by atoms with Crippen molar-refractivity contribution < 1.29 is 13.6 Å². The Morgan fingerprint density at radius 3 is 2.79 bits per heavy atom. The average molecular weight is 404 g/mol. The molecule has 0 unspecified atom stereocenters. The fourth-order valence-corrected chi connectivity index (χ4v) is 3.13. The average Bonchev–Trinajstić information content (AvgIpc) is 3.04. The molecule has 1 amide bonds. The van der Waals surface area contributed by atoms with Crippen LogP contribution in [0.25, 0.3) is 0 Å². The number of nitrogens with zero attached hydrogens (tertiary/aromatic N) is 4. The van der Waals surface area contributed by atoms with Crippen LogP contribution in [-0.2, 0) is 4.79 Å². The molecule has 144 valence electrons. The summed E-state index contributed by atoms with van der Waals surface area (Å²) in [5, 5.41) is 5.72. The number of halogens is 2. The number of nitrogens with one attached hydrogen (secondary N) is 2. The first kappa shape index (κ1) is 19.3. The number of aromatic nitrogens is 3. The van der Waals surface area contributed by atoms with E-state index in [1.54, 1.807) is 12.3 Å². The van der Waals surface area contributed by atoms with E-state index in [9.17, 15) is 18.4 Å². The van der Waals surface area contributed by atoms with Gasteiger partial charge in [0.1, 0.15) is 11.6 Å². The molecule has 11 heteroatoms. The molecule has 0 fully saturated rings. The zero-order valence-corrected chi connectivity index (χ0v) is 15.6. The second kappa shape index (κ2) is 8.05. The van der Waals surface area contributed by atoms with E-state index in [0.717, 1.165) is 22.3 Å². The molecule has 0 bridgehead atoms. The maximum Gasteiger partial charge on any atom is 0.252 e. The van der Waals surface area contributed by atoms with Crippen LogP contribution in [0.1, 0.15) is 18.3 Å². The number of hydrogen-bond acceptors (Lipinski definition) is 7. The fraction of sp³-hybridized carbons (Fsp3) is 0.118. The number of hydrogen-bond donors (Lipinski definition) is 2. The Kier molecular flexibility index (Phi) is 5.54. The molecule has 0 saturated heterocycles. The van der Waals surface area contributed by atoms with Gasteiger partial charge in [0.2, 0.25) is 11.9 Å². The van der Waals surface area contributed by atoms with Crippen molar-refractivity contribution in [1.82, 2.24) is 15.0 Å². The highest BCUT2D eigenvalue weighted by atomic mass is 32.1. The Hall–Kier alpha value is -3.47. The van der Waals surface area contributed by atoms with Gasteiger partial charge in [-0.1, -0.05) is 0 Å². The first-order valence-corrected chi connectivity index (χ1v) is 8.80. The summed E-state index contributed by atoms with van der Waals surface area (Å²) in [6.07, 6.45) is 1.35. The molecule has 28 heavy (non-hydrogen) atoms. The van der Waals surface area contributed by atoms with Gasteiger partial charge in [-0.2, -0.15) is 5.10 Å². The number of carbonyl (C=O) groups is 1. The van der Waals surface area contributed by atoms with Crippen molar-refractivity contribution in [2.75, 3.05) is 10.3 Å². The molecule has 1 aromatic carbocycles. The first-order valence-electron chi connectivity index (χ1n) is 7.92. The Morgan fingerprint density at radius 1 is 1.32 bits per heavy atom. The van der Waals surface area contributed by atoms with E-state index in [2.05, 4.69) is 25.5 Å². The second-order valence-corrected chi connectivity index (χ2v) is 6.45. The van der Waals surface area contributed by atoms with Gasteiger partial charge in [-0.15, -0.1) is 11.3 Å². The quantitative estimate of drug-likeness (QED) is 0.503. The molecule has 0 aliphatic carbocycles. The van der Waals surface area contributed by atoms with E-state index in [0.29, 0.717) is 17.5 Å². The van der Waals surface area contributed by atoms with Crippen molar-refractivity contribution in [2.24, 2.45) is 5.10 Å². The zero-order valence-electron chi connectivity index (χ0n) is 14.7. The summed E-state index contributed by atoms with van der Waals surface area (Å²) in [6, 6.07) is 4.26. The smallest absolute Gasteiger partial charge is 0.252 e. The van der Waals surface area contributed by atoms with Gasteiger partial charge in [0.25, 0.3) is 5.56 Å². The SMILES string of the molecule is CC(=O)N(c1nc(/C=N\Nc2nc(C)cc(=O)[nH]2)cs1)c1ccc(F)cc1F. The highest BCUT2D eigenvalue weighted by molar-refractivity contribution is 7.14. The number of aryl methyl sites for hydroxylation is 1. The highest BCUT2D eigenvalue weighted by Gasteiger charge is 2.21. The Balaban J connectivity index is 1.81. The zero-order chi connectivity index (χ0) is 20.3. The normalized spacial score (nSPS) is 11.0. The van der Waals surface area contributed by atoms with Crippen LogP contribution in [0.15, 0.2) is 39.5 Å². The second-order valence-electron chi connectivity index (χ2n) is 5.61. The van der Waals surface area contributed by atoms with Gasteiger partial charge in [-0.05, 0) is 19.1 Å². The number of carbonyl (C=O) groups excluding carboxylic acids is 1. The Bertz CT molecular complexity index is 1110. The third-order valence-corrected chi connectivity index (χ3v) is 4.25. The summed E-state index contributed by atoms with van der Waals surface area (Å²) < 4.78 is 27.2. The molecule has 0 aliphatic rings. The van der Waals surface area contributed by atoms with E-state index in [1.165, 1.54) is 25.3 Å². The predicted octanol–water partition coefficient (Wildman–Crippen LogP) is 2.94. The third-order valence-electron chi connectivity index (χ3n) is 3.40. The number of rotatable bonds is 5. The lowest BCUT2D eigenvalue weighted by molar-refractivity contribution is -0.115. The summed E-state index contributed by atoms with van der Waals surface area (Å²) in [7, 11) is 0. The summed E-state index contributed by atoms with van der Waals surface area (Å²) in [5.41, 5.74) is 3.05. The van der Waals surface area contributed by atoms with E-state index in [-0.39, 0.29) is 22.3 Å². The lowest BCUT2D eigenvalue weighted by Crippen LogP contribution is -2.23. The van der Waals surface area contributed by atoms with E-state index < -0.39 is 17.5 Å². The number of H-pyrrole nitrogens is 1. The number of benzene rings is 1. The first-order chi connectivity index (χ1) is 13.3. The lowest BCUT2D eigenvalue weighted by atomic mass is 10.2. The molecule has 2 N–H and O–H groups in total. The molecule has 0 aliphatic heterocycles. The van der Waals surface area contributed by atoms with Gasteiger partial charge >= 0.3 is 0 Å². The van der Waals surface area contributed by atoms with Crippen molar-refractivity contribution in [3.63, 3.8) is 0 Å². The van der Waals surface area contributed by atoms with Crippen molar-refractivity contribution >= 4 is 40.2 Å². The van der Waals surface area contributed by atoms with Crippen LogP contribution in [0.2, 0.25) is 0 Å². The number of anilines is 3. The molecular formula is C17H14F2N6O2S. The van der Waals surface area contributed by atoms with Gasteiger partial charge in [-0.25, -0.2) is 24.2 Å². The van der Waals surface area contributed by atoms with Crippen molar-refractivity contribution in [3.05, 3.63) is 63.0 Å². The maximum atomic E-state index is 14.1. The van der Waals surface area contributed by atoms with Crippen molar-refractivity contribution in [3.8, 4) is 0 Å². The van der Waals surface area contributed by atoms with Crippen LogP contribution in [-0.4, -0.2) is 27.1 Å². The van der Waals surface area contributed by atoms with Crippen molar-refractivity contribution in [1.29, 1.82) is 0 Å². The highest BCUT2D eigenvalue weighted by Crippen LogP contribution is 2.30. The number of amides is 1. The molecule has 8 nitrogen and oxygen atoms in total. The van der Waals surface area contributed by atoms with Crippen LogP contribution in [0.3, 0.4) is 0 Å². The van der Waals surface area contributed by atoms with Gasteiger partial charge < -0.3 is 0 Å². The molecule has 0 saturated carbocycles. The van der Waals surface area contributed by atoms with E-state index in [1.807, 2.05) is 0 Å². The number of hydrazone groups is 1. The summed E-state index contributed by atoms with van der Waals surface area (Å²) in [6.45, 7) is 2.92. The van der Waals surface area contributed by atoms with Crippen molar-refractivity contribution in [2.45, 2.75) is 13.8 Å². The predicted molar refractivity (Wildman–Crippen MR) is 102 cm³/mol. The van der Waals surface area contributed by atoms with Crippen LogP contribution >= 0.6 is 11.3 Å². The minimum atomic E-state index is -0.878. The number of thiazole rings is 1. The molecule has 2 aromatic heterocycles. The van der Waals surface area contributed by atoms with Crippen LogP contribution in [0.5, 0.6) is 0 Å². The van der Waals surface area contributed by atoms with Gasteiger partial charge in [0.05, 0.1) is 17.6 Å². The topological polar surface area (TPSA) is 103 Å². The summed E-state index contributed by atoms with van der Waals surface area (Å²) >= 11 is 1.09. The molecular weight excluding hydrogens is 390 g/mol. The standard InChI is InChI=1S/C17H14F2N6O2S/c1-9-5-15(27)23-16(21-9)24-20-7-12-8-28-17(22-12)25(10(2)26)14-4-3-11(18)6-13(14)19/h3-8H,1-2H3,(H2,21,23,24,27)/b20-7-. The minimum Gasteiger partial charge on any atom is -0.291 e. The number of aromatic amines is 1. The van der Waals surface area contributed by atoms with Gasteiger partial charge in [-0.3, -0.25) is 19.5 Å². The monoisotopic (exact) mass is 404 g/mol. The maximum absolute atomic E-state index is 14.1. The molecule has 0 radical (unpaired) electrons. The van der Waals surface area contributed by atoms with Crippen LogP contribution in [0, 0.1) is 18.6 Å². The third kappa shape index (κ3) is 4.43. The van der Waals surface area contributed by atoms with Gasteiger partial charge in [0.15, 0.2) is 5.13 Å². The van der Waals surface area contributed by atoms with E-state index >= 15 is 0 Å². The van der Waals surface area contributed by atoms with Crippen LogP contribution < -0.4 is 15.9 Å². The largest absolute Gasteiger partial charge is 0.291 e. The molecule has 3 rings (SSSR count). The lowest BCUT2D eigenvalue weighted by Gasteiger charge is -2.18. The molecule has 0 spiro atoms. The van der Waals surface area contributed by atoms with Crippen LogP contribution in [0.4, 0.5) is 25.5 Å². The summed E-state index contributed by atoms with van der Waals surface area (Å²) in [5.74, 6) is -1.94. The Morgan fingerprint density at radius 2 is 2.11 bits per heavy atom. The van der Waals surface area contributed by atoms with Gasteiger partial charge in [0, 0.05) is 30.1 Å².